The van der Waals surface area contributed by atoms with Gasteiger partial charge in [-0.05, 0) is 43.4 Å². The Morgan fingerprint density at radius 1 is 1.38 bits per heavy atom. The van der Waals surface area contributed by atoms with Gasteiger partial charge in [-0.15, -0.1) is 0 Å². The van der Waals surface area contributed by atoms with E-state index >= 15 is 0 Å². The van der Waals surface area contributed by atoms with E-state index in [9.17, 15) is 14.7 Å². The van der Waals surface area contributed by atoms with E-state index in [4.69, 9.17) is 5.21 Å². The van der Waals surface area contributed by atoms with Crippen molar-refractivity contribution >= 4 is 18.0 Å². The molecule has 0 radical (unpaired) electrons. The zero-order chi connectivity index (χ0) is 15.3. The molecular formula is C15H18N2O4. The first-order chi connectivity index (χ1) is 10.1. The van der Waals surface area contributed by atoms with Crippen molar-refractivity contribution < 1.29 is 19.9 Å². The first kappa shape index (κ1) is 15.2. The maximum atomic E-state index is 11.3. The van der Waals surface area contributed by atoms with Crippen LogP contribution in [0.3, 0.4) is 0 Å². The fraction of sp³-hybridized carbons (Fsp3) is 0.400. The van der Waals surface area contributed by atoms with Crippen LogP contribution < -0.4 is 5.48 Å². The highest BCUT2D eigenvalue weighted by molar-refractivity contribution is 5.90. The molecule has 1 aromatic heterocycles. The van der Waals surface area contributed by atoms with Crippen molar-refractivity contribution in [2.45, 2.75) is 32.1 Å². The van der Waals surface area contributed by atoms with Gasteiger partial charge in [-0.3, -0.25) is 19.8 Å². The van der Waals surface area contributed by atoms with Crippen LogP contribution >= 0.6 is 0 Å². The molecule has 1 fully saturated rings. The predicted octanol–water partition coefficient (Wildman–Crippen LogP) is 1.79. The molecule has 0 aromatic carbocycles. The second-order valence-corrected chi connectivity index (χ2v) is 5.34. The van der Waals surface area contributed by atoms with Gasteiger partial charge in [-0.2, -0.15) is 0 Å². The second-order valence-electron chi connectivity index (χ2n) is 5.34. The Bertz CT molecular complexity index is 547. The summed E-state index contributed by atoms with van der Waals surface area (Å²) >= 11 is 0. The molecule has 1 aliphatic rings. The van der Waals surface area contributed by atoms with Crippen LogP contribution in [-0.2, 0) is 16.0 Å². The van der Waals surface area contributed by atoms with Gasteiger partial charge in [0.15, 0.2) is 0 Å². The minimum atomic E-state index is -0.698. The van der Waals surface area contributed by atoms with E-state index < -0.39 is 17.3 Å². The van der Waals surface area contributed by atoms with E-state index in [1.54, 1.807) is 12.3 Å². The van der Waals surface area contributed by atoms with Crippen LogP contribution in [0.15, 0.2) is 24.4 Å². The van der Waals surface area contributed by atoms with Crippen LogP contribution in [0.1, 0.15) is 36.9 Å². The number of nitrogens with zero attached hydrogens (tertiary/aromatic N) is 1. The van der Waals surface area contributed by atoms with E-state index in [0.717, 1.165) is 24.8 Å². The van der Waals surface area contributed by atoms with Crippen LogP contribution in [0.4, 0.5) is 0 Å². The Morgan fingerprint density at radius 3 is 2.62 bits per heavy atom. The Kier molecular flexibility index (Phi) is 4.70. The van der Waals surface area contributed by atoms with Gasteiger partial charge >= 0.3 is 5.97 Å². The first-order valence-electron chi connectivity index (χ1n) is 6.86. The number of nitrogens with one attached hydrogen (secondary N) is 1. The average molecular weight is 290 g/mol. The minimum Gasteiger partial charge on any atom is -0.481 e. The van der Waals surface area contributed by atoms with Crippen molar-refractivity contribution in [3.8, 4) is 0 Å². The predicted molar refractivity (Wildman–Crippen MR) is 75.4 cm³/mol. The molecule has 0 bridgehead atoms. The quantitative estimate of drug-likeness (QED) is 0.421. The van der Waals surface area contributed by atoms with E-state index in [-0.39, 0.29) is 0 Å². The molecule has 6 nitrogen and oxygen atoms in total. The molecule has 1 amide bonds. The smallest absolute Gasteiger partial charge is 0.309 e. The first-order valence-corrected chi connectivity index (χ1v) is 6.86. The Hall–Kier alpha value is -2.21. The molecule has 0 spiro atoms. The molecule has 112 valence electrons. The normalized spacial score (nSPS) is 16.4. The summed E-state index contributed by atoms with van der Waals surface area (Å²) in [5.74, 6) is -1.31. The standard InChI is InChI=1S/C15H18N2O4/c18-13(17-21)5-4-12-3-2-11(10-16-12)6-9-15(14(19)20)7-1-8-15/h2-5,10,21H,1,6-9H2,(H,17,18)(H,19,20)/b5-4+. The van der Waals surface area contributed by atoms with Gasteiger partial charge < -0.3 is 5.11 Å². The molecule has 6 heteroatoms. The number of carboxylic acid groups (broad SMARTS) is 1. The summed E-state index contributed by atoms with van der Waals surface area (Å²) in [6.07, 6.45) is 8.16. The van der Waals surface area contributed by atoms with E-state index in [1.165, 1.54) is 17.6 Å². The summed E-state index contributed by atoms with van der Waals surface area (Å²) in [6, 6.07) is 3.63. The molecule has 1 heterocycles. The van der Waals surface area contributed by atoms with Crippen LogP contribution in [0.2, 0.25) is 0 Å². The lowest BCUT2D eigenvalue weighted by atomic mass is 9.66. The Morgan fingerprint density at radius 2 is 2.14 bits per heavy atom. The number of amides is 1. The third-order valence-corrected chi connectivity index (χ3v) is 4.02. The molecule has 3 N–H and O–H groups in total. The second kappa shape index (κ2) is 6.49. The fourth-order valence-electron chi connectivity index (χ4n) is 2.44. The highest BCUT2D eigenvalue weighted by Gasteiger charge is 2.43. The molecule has 1 saturated carbocycles. The monoisotopic (exact) mass is 290 g/mol. The summed E-state index contributed by atoms with van der Waals surface area (Å²) in [7, 11) is 0. The minimum absolute atomic E-state index is 0.544. The topological polar surface area (TPSA) is 99.5 Å². The van der Waals surface area contributed by atoms with E-state index in [2.05, 4.69) is 4.98 Å². The molecule has 0 atom stereocenters. The highest BCUT2D eigenvalue weighted by Crippen LogP contribution is 2.44. The van der Waals surface area contributed by atoms with Crippen molar-refractivity contribution in [2.24, 2.45) is 5.41 Å². The molecule has 0 saturated heterocycles. The van der Waals surface area contributed by atoms with Crippen molar-refractivity contribution in [1.29, 1.82) is 0 Å². The fourth-order valence-corrected chi connectivity index (χ4v) is 2.44. The largest absolute Gasteiger partial charge is 0.481 e. The maximum absolute atomic E-state index is 11.3. The number of carbonyl (C=O) groups excluding carboxylic acids is 1. The third kappa shape index (κ3) is 3.66. The van der Waals surface area contributed by atoms with Crippen LogP contribution in [0.25, 0.3) is 6.08 Å². The Balaban J connectivity index is 1.92. The Labute approximate surface area is 122 Å². The van der Waals surface area contributed by atoms with Crippen LogP contribution in [0.5, 0.6) is 0 Å². The maximum Gasteiger partial charge on any atom is 0.309 e. The summed E-state index contributed by atoms with van der Waals surface area (Å²) < 4.78 is 0. The number of rotatable bonds is 6. The zero-order valence-electron chi connectivity index (χ0n) is 11.6. The highest BCUT2D eigenvalue weighted by atomic mass is 16.5. The number of aliphatic carboxylic acids is 1. The molecule has 2 rings (SSSR count). The lowest BCUT2D eigenvalue weighted by Gasteiger charge is -2.37. The lowest BCUT2D eigenvalue weighted by Crippen LogP contribution is -2.38. The number of carboxylic acids is 1. The average Bonchev–Trinajstić information content (AvgIpc) is 2.44. The van der Waals surface area contributed by atoms with Crippen molar-refractivity contribution in [3.63, 3.8) is 0 Å². The van der Waals surface area contributed by atoms with Crippen LogP contribution in [-0.4, -0.2) is 27.2 Å². The van der Waals surface area contributed by atoms with Gasteiger partial charge in [0.2, 0.25) is 0 Å². The summed E-state index contributed by atoms with van der Waals surface area (Å²) in [6.45, 7) is 0. The number of hydroxylamine groups is 1. The van der Waals surface area contributed by atoms with Gasteiger partial charge in [-0.25, -0.2) is 5.48 Å². The van der Waals surface area contributed by atoms with Crippen LogP contribution in [0, 0.1) is 5.41 Å². The van der Waals surface area contributed by atoms with Crippen molar-refractivity contribution in [3.05, 3.63) is 35.7 Å². The van der Waals surface area contributed by atoms with Gasteiger partial charge in [0, 0.05) is 12.3 Å². The zero-order valence-corrected chi connectivity index (χ0v) is 11.6. The van der Waals surface area contributed by atoms with Gasteiger partial charge in [0.25, 0.3) is 5.91 Å². The number of aromatic nitrogens is 1. The molecule has 1 aliphatic carbocycles. The number of carbonyl (C=O) groups is 2. The lowest BCUT2D eigenvalue weighted by molar-refractivity contribution is -0.155. The van der Waals surface area contributed by atoms with Gasteiger partial charge in [0.1, 0.15) is 0 Å². The number of aryl methyl sites for hydroxylation is 1. The van der Waals surface area contributed by atoms with E-state index in [1.807, 2.05) is 6.07 Å². The van der Waals surface area contributed by atoms with Crippen molar-refractivity contribution in [1.82, 2.24) is 10.5 Å². The van der Waals surface area contributed by atoms with Gasteiger partial charge in [-0.1, -0.05) is 12.5 Å². The van der Waals surface area contributed by atoms with E-state index in [0.29, 0.717) is 18.5 Å². The summed E-state index contributed by atoms with van der Waals surface area (Å²) in [5.41, 5.74) is 2.53. The molecule has 0 unspecified atom stereocenters. The number of pyridine rings is 1. The molecule has 0 aliphatic heterocycles. The summed E-state index contributed by atoms with van der Waals surface area (Å²) in [5, 5.41) is 17.6. The summed E-state index contributed by atoms with van der Waals surface area (Å²) in [4.78, 5) is 26.3. The molecule has 21 heavy (non-hydrogen) atoms. The van der Waals surface area contributed by atoms with Crippen molar-refractivity contribution in [2.75, 3.05) is 0 Å². The number of hydrogen-bond donors (Lipinski definition) is 3. The SMILES string of the molecule is O=C(/C=C/c1ccc(CCC2(C(=O)O)CCC2)cn1)NO. The third-order valence-electron chi connectivity index (χ3n) is 4.02. The van der Waals surface area contributed by atoms with Gasteiger partial charge in [0.05, 0.1) is 11.1 Å². The molecular weight excluding hydrogens is 272 g/mol. The molecule has 1 aromatic rings. The number of hydrogen-bond acceptors (Lipinski definition) is 4.